The Morgan fingerprint density at radius 3 is 2.67 bits per heavy atom. The van der Waals surface area contributed by atoms with Gasteiger partial charge in [0.05, 0.1) is 6.54 Å². The van der Waals surface area contributed by atoms with Crippen molar-refractivity contribution in [1.82, 2.24) is 4.57 Å². The number of nitrogens with one attached hydrogen (secondary N) is 1. The van der Waals surface area contributed by atoms with E-state index >= 15 is 0 Å². The zero-order chi connectivity index (χ0) is 12.5. The van der Waals surface area contributed by atoms with Crippen LogP contribution in [0.3, 0.4) is 0 Å². The van der Waals surface area contributed by atoms with Gasteiger partial charge in [-0.3, -0.25) is 5.41 Å². The highest BCUT2D eigenvalue weighted by Gasteiger charge is 2.03. The Kier molecular flexibility index (Phi) is 2.76. The molecule has 1 N–H and O–H groups in total. The van der Waals surface area contributed by atoms with Crippen LogP contribution < -0.4 is 4.80 Å². The summed E-state index contributed by atoms with van der Waals surface area (Å²) in [7, 11) is 0. The van der Waals surface area contributed by atoms with Crippen LogP contribution >= 0.6 is 11.3 Å². The summed E-state index contributed by atoms with van der Waals surface area (Å²) in [4.78, 5) is 1.79. The third kappa shape index (κ3) is 1.97. The third-order valence-corrected chi connectivity index (χ3v) is 3.93. The maximum atomic E-state index is 7.93. The molecule has 0 fully saturated rings. The van der Waals surface area contributed by atoms with E-state index in [0.717, 1.165) is 6.54 Å². The monoisotopic (exact) mass is 254 g/mol. The summed E-state index contributed by atoms with van der Waals surface area (Å²) in [6.45, 7) is 2.81. The molecule has 0 aliphatic heterocycles. The van der Waals surface area contributed by atoms with Crippen molar-refractivity contribution in [3.8, 4) is 0 Å². The largest absolute Gasteiger partial charge is 0.319 e. The fourth-order valence-electron chi connectivity index (χ4n) is 2.25. The predicted octanol–water partition coefficient (Wildman–Crippen LogP) is 3.54. The molecule has 0 aliphatic carbocycles. The number of aromatic nitrogens is 1. The van der Waals surface area contributed by atoms with E-state index in [0.29, 0.717) is 4.80 Å². The van der Waals surface area contributed by atoms with Gasteiger partial charge in [0, 0.05) is 11.1 Å². The van der Waals surface area contributed by atoms with Gasteiger partial charge < -0.3 is 4.57 Å². The van der Waals surface area contributed by atoms with Gasteiger partial charge in [-0.25, -0.2) is 0 Å². The van der Waals surface area contributed by atoms with Crippen molar-refractivity contribution in [1.29, 1.82) is 5.41 Å². The summed E-state index contributed by atoms with van der Waals surface area (Å²) in [6, 6.07) is 14.8. The van der Waals surface area contributed by atoms with Gasteiger partial charge in [-0.05, 0) is 23.3 Å². The van der Waals surface area contributed by atoms with Gasteiger partial charge in [-0.1, -0.05) is 42.5 Å². The van der Waals surface area contributed by atoms with E-state index in [-0.39, 0.29) is 0 Å². The average molecular weight is 254 g/mol. The summed E-state index contributed by atoms with van der Waals surface area (Å²) >= 11 is 1.52. The van der Waals surface area contributed by atoms with Gasteiger partial charge in [0.15, 0.2) is 4.80 Å². The first-order chi connectivity index (χ1) is 8.74. The van der Waals surface area contributed by atoms with Crippen LogP contribution in [0.1, 0.15) is 10.4 Å². The molecular formula is C15H14N2S. The quantitative estimate of drug-likeness (QED) is 0.725. The standard InChI is InChI=1S/C15H14N2S/c1-11-9-17(15(16)18-11)10-13-7-4-6-12-5-2-3-8-14(12)13/h2-9,16H,10H2,1H3. The second kappa shape index (κ2) is 4.42. The molecular weight excluding hydrogens is 240 g/mol. The van der Waals surface area contributed by atoms with Crippen LogP contribution in [0.25, 0.3) is 10.8 Å². The zero-order valence-corrected chi connectivity index (χ0v) is 11.0. The van der Waals surface area contributed by atoms with Crippen molar-refractivity contribution >= 4 is 22.1 Å². The Bertz CT molecular complexity index is 747. The van der Waals surface area contributed by atoms with E-state index in [9.17, 15) is 0 Å². The van der Waals surface area contributed by atoms with E-state index in [1.165, 1.54) is 32.5 Å². The SMILES string of the molecule is Cc1cn(Cc2cccc3ccccc23)c(=N)s1. The molecule has 0 radical (unpaired) electrons. The van der Waals surface area contributed by atoms with E-state index in [4.69, 9.17) is 5.41 Å². The molecule has 2 nitrogen and oxygen atoms in total. The number of rotatable bonds is 2. The summed E-state index contributed by atoms with van der Waals surface area (Å²) in [5.74, 6) is 0. The molecule has 90 valence electrons. The van der Waals surface area contributed by atoms with Crippen molar-refractivity contribution in [2.24, 2.45) is 0 Å². The minimum atomic E-state index is 0.612. The van der Waals surface area contributed by atoms with Crippen LogP contribution in [0.5, 0.6) is 0 Å². The Balaban J connectivity index is 2.10. The highest BCUT2D eigenvalue weighted by atomic mass is 32.1. The van der Waals surface area contributed by atoms with Crippen molar-refractivity contribution in [2.75, 3.05) is 0 Å². The van der Waals surface area contributed by atoms with Gasteiger partial charge in [0.1, 0.15) is 0 Å². The van der Waals surface area contributed by atoms with Gasteiger partial charge >= 0.3 is 0 Å². The Labute approximate surface area is 110 Å². The molecule has 0 unspecified atom stereocenters. The number of thiazole rings is 1. The lowest BCUT2D eigenvalue weighted by atomic mass is 10.0. The first kappa shape index (κ1) is 11.2. The topological polar surface area (TPSA) is 28.8 Å². The maximum absolute atomic E-state index is 7.93. The molecule has 0 bridgehead atoms. The highest BCUT2D eigenvalue weighted by molar-refractivity contribution is 7.09. The number of hydrogen-bond donors (Lipinski definition) is 1. The van der Waals surface area contributed by atoms with Crippen LogP contribution in [-0.2, 0) is 6.54 Å². The van der Waals surface area contributed by atoms with Crippen molar-refractivity contribution in [3.63, 3.8) is 0 Å². The molecule has 1 aromatic heterocycles. The normalized spacial score (nSPS) is 10.9. The van der Waals surface area contributed by atoms with E-state index < -0.39 is 0 Å². The van der Waals surface area contributed by atoms with Crippen LogP contribution in [-0.4, -0.2) is 4.57 Å². The molecule has 0 aliphatic rings. The molecule has 0 spiro atoms. The van der Waals surface area contributed by atoms with Gasteiger partial charge in [-0.15, -0.1) is 11.3 Å². The number of aryl methyl sites for hydroxylation is 1. The first-order valence-corrected chi connectivity index (χ1v) is 6.74. The summed E-state index contributed by atoms with van der Waals surface area (Å²) < 4.78 is 2.00. The Morgan fingerprint density at radius 1 is 1.11 bits per heavy atom. The van der Waals surface area contributed by atoms with E-state index in [2.05, 4.69) is 48.7 Å². The molecule has 0 atom stereocenters. The van der Waals surface area contributed by atoms with Crippen LogP contribution in [0, 0.1) is 12.3 Å². The number of benzene rings is 2. The lowest BCUT2D eigenvalue weighted by Crippen LogP contribution is -2.12. The molecule has 3 rings (SSSR count). The van der Waals surface area contributed by atoms with Crippen molar-refractivity contribution in [3.05, 3.63) is 63.9 Å². The molecule has 0 saturated carbocycles. The van der Waals surface area contributed by atoms with Crippen LogP contribution in [0.4, 0.5) is 0 Å². The molecule has 3 aromatic rings. The summed E-state index contributed by atoms with van der Waals surface area (Å²) in [5.41, 5.74) is 1.27. The smallest absolute Gasteiger partial charge is 0.182 e. The molecule has 1 heterocycles. The Hall–Kier alpha value is -1.87. The predicted molar refractivity (Wildman–Crippen MR) is 76.0 cm³/mol. The fourth-order valence-corrected chi connectivity index (χ4v) is 2.97. The zero-order valence-electron chi connectivity index (χ0n) is 10.2. The second-order valence-corrected chi connectivity index (χ2v) is 5.65. The van der Waals surface area contributed by atoms with Gasteiger partial charge in [-0.2, -0.15) is 0 Å². The Morgan fingerprint density at radius 2 is 1.89 bits per heavy atom. The van der Waals surface area contributed by atoms with Gasteiger partial charge in [0.25, 0.3) is 0 Å². The molecule has 0 amide bonds. The second-order valence-electron chi connectivity index (χ2n) is 4.41. The minimum absolute atomic E-state index is 0.612. The molecule has 3 heteroatoms. The van der Waals surface area contributed by atoms with Crippen LogP contribution in [0.15, 0.2) is 48.7 Å². The molecule has 18 heavy (non-hydrogen) atoms. The van der Waals surface area contributed by atoms with E-state index in [1.54, 1.807) is 0 Å². The number of fused-ring (bicyclic) bond motifs is 1. The maximum Gasteiger partial charge on any atom is 0.182 e. The average Bonchev–Trinajstić information content (AvgIpc) is 2.68. The van der Waals surface area contributed by atoms with Crippen molar-refractivity contribution < 1.29 is 0 Å². The van der Waals surface area contributed by atoms with E-state index in [1.807, 2.05) is 11.5 Å². The first-order valence-electron chi connectivity index (χ1n) is 5.92. The molecule has 2 aromatic carbocycles. The number of nitrogens with zero attached hydrogens (tertiary/aromatic N) is 1. The third-order valence-electron chi connectivity index (χ3n) is 3.08. The minimum Gasteiger partial charge on any atom is -0.319 e. The lowest BCUT2D eigenvalue weighted by molar-refractivity contribution is 0.762. The lowest BCUT2D eigenvalue weighted by Gasteiger charge is -2.07. The molecule has 0 saturated heterocycles. The summed E-state index contributed by atoms with van der Waals surface area (Å²) in [5, 5.41) is 10.5. The van der Waals surface area contributed by atoms with Crippen LogP contribution in [0.2, 0.25) is 0 Å². The highest BCUT2D eigenvalue weighted by Crippen LogP contribution is 2.19. The summed E-state index contributed by atoms with van der Waals surface area (Å²) in [6.07, 6.45) is 2.05. The fraction of sp³-hybridized carbons (Fsp3) is 0.133. The van der Waals surface area contributed by atoms with Crippen molar-refractivity contribution in [2.45, 2.75) is 13.5 Å². The number of hydrogen-bond acceptors (Lipinski definition) is 2. The van der Waals surface area contributed by atoms with Gasteiger partial charge in [0.2, 0.25) is 0 Å².